The lowest BCUT2D eigenvalue weighted by molar-refractivity contribution is 0.475. The Morgan fingerprint density at radius 1 is 0.636 bits per heavy atom. The second-order valence-electron chi connectivity index (χ2n) is 5.35. The SMILES string of the molecule is Oc1ccc(F)cc1-c1cccc2c1ccc1ccccc12. The number of hydrogen-bond acceptors (Lipinski definition) is 1. The molecule has 2 heteroatoms. The Bertz CT molecular complexity index is 1000. The molecule has 0 fully saturated rings. The first-order valence-electron chi connectivity index (χ1n) is 7.13. The van der Waals surface area contributed by atoms with Gasteiger partial charge in [0.15, 0.2) is 0 Å². The average molecular weight is 288 g/mol. The molecule has 106 valence electrons. The maximum atomic E-state index is 13.6. The number of phenols is 1. The highest BCUT2D eigenvalue weighted by atomic mass is 19.1. The van der Waals surface area contributed by atoms with Gasteiger partial charge >= 0.3 is 0 Å². The van der Waals surface area contributed by atoms with E-state index in [9.17, 15) is 9.50 Å². The quantitative estimate of drug-likeness (QED) is 0.458. The van der Waals surface area contributed by atoms with Crippen LogP contribution in [0.15, 0.2) is 72.8 Å². The number of halogens is 1. The zero-order valence-electron chi connectivity index (χ0n) is 11.8. The van der Waals surface area contributed by atoms with Crippen LogP contribution in [0.2, 0.25) is 0 Å². The van der Waals surface area contributed by atoms with Crippen LogP contribution >= 0.6 is 0 Å². The van der Waals surface area contributed by atoms with Gasteiger partial charge in [-0.2, -0.15) is 0 Å². The van der Waals surface area contributed by atoms with Crippen LogP contribution in [0.5, 0.6) is 5.75 Å². The molecular formula is C20H13FO. The lowest BCUT2D eigenvalue weighted by Crippen LogP contribution is -1.85. The van der Waals surface area contributed by atoms with Crippen molar-refractivity contribution < 1.29 is 9.50 Å². The highest BCUT2D eigenvalue weighted by molar-refractivity contribution is 6.12. The van der Waals surface area contributed by atoms with Gasteiger partial charge in [-0.15, -0.1) is 0 Å². The third kappa shape index (κ3) is 1.92. The van der Waals surface area contributed by atoms with Gasteiger partial charge in [0, 0.05) is 5.56 Å². The van der Waals surface area contributed by atoms with Crippen molar-refractivity contribution in [1.82, 2.24) is 0 Å². The van der Waals surface area contributed by atoms with Crippen molar-refractivity contribution in [3.63, 3.8) is 0 Å². The van der Waals surface area contributed by atoms with E-state index in [1.807, 2.05) is 30.3 Å². The molecule has 0 saturated carbocycles. The highest BCUT2D eigenvalue weighted by Crippen LogP contribution is 2.37. The van der Waals surface area contributed by atoms with Gasteiger partial charge in [0.2, 0.25) is 0 Å². The van der Waals surface area contributed by atoms with E-state index in [4.69, 9.17) is 0 Å². The van der Waals surface area contributed by atoms with Crippen molar-refractivity contribution in [3.8, 4) is 16.9 Å². The molecule has 4 aromatic carbocycles. The second-order valence-corrected chi connectivity index (χ2v) is 5.35. The number of aromatic hydroxyl groups is 1. The fourth-order valence-corrected chi connectivity index (χ4v) is 3.00. The van der Waals surface area contributed by atoms with Crippen LogP contribution in [-0.4, -0.2) is 5.11 Å². The Kier molecular flexibility index (Phi) is 2.83. The zero-order valence-corrected chi connectivity index (χ0v) is 11.8. The predicted octanol–water partition coefficient (Wildman–Crippen LogP) is 5.50. The Morgan fingerprint density at radius 3 is 2.36 bits per heavy atom. The molecule has 0 aliphatic heterocycles. The van der Waals surface area contributed by atoms with E-state index in [0.717, 1.165) is 27.1 Å². The summed E-state index contributed by atoms with van der Waals surface area (Å²) >= 11 is 0. The van der Waals surface area contributed by atoms with E-state index >= 15 is 0 Å². The number of fused-ring (bicyclic) bond motifs is 3. The molecule has 0 heterocycles. The van der Waals surface area contributed by atoms with Crippen molar-refractivity contribution in [3.05, 3.63) is 78.6 Å². The van der Waals surface area contributed by atoms with Crippen LogP contribution < -0.4 is 0 Å². The maximum Gasteiger partial charge on any atom is 0.124 e. The average Bonchev–Trinajstić information content (AvgIpc) is 2.56. The smallest absolute Gasteiger partial charge is 0.124 e. The van der Waals surface area contributed by atoms with Crippen LogP contribution in [0.3, 0.4) is 0 Å². The second kappa shape index (κ2) is 4.85. The Balaban J connectivity index is 2.11. The molecule has 0 aliphatic carbocycles. The van der Waals surface area contributed by atoms with Crippen molar-refractivity contribution in [2.75, 3.05) is 0 Å². The molecule has 1 nitrogen and oxygen atoms in total. The molecule has 22 heavy (non-hydrogen) atoms. The molecule has 0 bridgehead atoms. The molecule has 0 saturated heterocycles. The molecule has 0 radical (unpaired) electrons. The number of phenolic OH excluding ortho intramolecular Hbond substituents is 1. The fourth-order valence-electron chi connectivity index (χ4n) is 3.00. The number of hydrogen-bond donors (Lipinski definition) is 1. The van der Waals surface area contributed by atoms with Crippen molar-refractivity contribution in [2.45, 2.75) is 0 Å². The van der Waals surface area contributed by atoms with Gasteiger partial charge in [-0.05, 0) is 45.3 Å². The molecule has 0 unspecified atom stereocenters. The van der Waals surface area contributed by atoms with E-state index in [2.05, 4.69) is 24.3 Å². The monoisotopic (exact) mass is 288 g/mol. The largest absolute Gasteiger partial charge is 0.507 e. The van der Waals surface area contributed by atoms with Crippen LogP contribution in [0.25, 0.3) is 32.7 Å². The Labute approximate surface area is 127 Å². The minimum atomic E-state index is -0.356. The van der Waals surface area contributed by atoms with Crippen LogP contribution in [0.1, 0.15) is 0 Å². The van der Waals surface area contributed by atoms with Crippen molar-refractivity contribution in [2.24, 2.45) is 0 Å². The molecule has 4 aromatic rings. The third-order valence-electron chi connectivity index (χ3n) is 4.04. The van der Waals surface area contributed by atoms with E-state index < -0.39 is 0 Å². The highest BCUT2D eigenvalue weighted by Gasteiger charge is 2.10. The first kappa shape index (κ1) is 12.8. The Morgan fingerprint density at radius 2 is 1.45 bits per heavy atom. The molecular weight excluding hydrogens is 275 g/mol. The summed E-state index contributed by atoms with van der Waals surface area (Å²) in [6.07, 6.45) is 0. The van der Waals surface area contributed by atoms with Gasteiger partial charge in [0.25, 0.3) is 0 Å². The molecule has 0 amide bonds. The summed E-state index contributed by atoms with van der Waals surface area (Å²) in [6, 6.07) is 22.2. The lowest BCUT2D eigenvalue weighted by Gasteiger charge is -2.11. The number of benzene rings is 4. The fraction of sp³-hybridized carbons (Fsp3) is 0. The summed E-state index contributed by atoms with van der Waals surface area (Å²) in [4.78, 5) is 0. The first-order chi connectivity index (χ1) is 10.7. The summed E-state index contributed by atoms with van der Waals surface area (Å²) in [5.74, 6) is -0.271. The maximum absolute atomic E-state index is 13.6. The lowest BCUT2D eigenvalue weighted by atomic mass is 9.94. The predicted molar refractivity (Wildman–Crippen MR) is 88.5 cm³/mol. The van der Waals surface area contributed by atoms with E-state index in [1.165, 1.54) is 18.2 Å². The Hall–Kier alpha value is -2.87. The van der Waals surface area contributed by atoms with E-state index in [0.29, 0.717) is 5.56 Å². The standard InChI is InChI=1S/C20H13FO/c21-14-9-11-20(22)19(12-14)17-7-3-6-16-15-5-2-1-4-13(15)8-10-18(16)17/h1-12,22H. The summed E-state index contributed by atoms with van der Waals surface area (Å²) < 4.78 is 13.6. The summed E-state index contributed by atoms with van der Waals surface area (Å²) in [7, 11) is 0. The van der Waals surface area contributed by atoms with E-state index in [-0.39, 0.29) is 11.6 Å². The molecule has 0 aliphatic rings. The minimum Gasteiger partial charge on any atom is -0.507 e. The van der Waals surface area contributed by atoms with Crippen LogP contribution in [0.4, 0.5) is 4.39 Å². The van der Waals surface area contributed by atoms with Gasteiger partial charge in [-0.25, -0.2) is 4.39 Å². The first-order valence-corrected chi connectivity index (χ1v) is 7.13. The van der Waals surface area contributed by atoms with Crippen molar-refractivity contribution >= 4 is 21.5 Å². The van der Waals surface area contributed by atoms with Gasteiger partial charge in [-0.3, -0.25) is 0 Å². The van der Waals surface area contributed by atoms with E-state index in [1.54, 1.807) is 0 Å². The molecule has 0 spiro atoms. The molecule has 0 aromatic heterocycles. The summed E-state index contributed by atoms with van der Waals surface area (Å²) in [5.41, 5.74) is 1.35. The normalized spacial score (nSPS) is 11.1. The molecule has 0 atom stereocenters. The summed E-state index contributed by atoms with van der Waals surface area (Å²) in [5, 5.41) is 14.5. The number of rotatable bonds is 1. The third-order valence-corrected chi connectivity index (χ3v) is 4.04. The van der Waals surface area contributed by atoms with Gasteiger partial charge in [0.1, 0.15) is 11.6 Å². The zero-order chi connectivity index (χ0) is 15.1. The van der Waals surface area contributed by atoms with Crippen molar-refractivity contribution in [1.29, 1.82) is 0 Å². The van der Waals surface area contributed by atoms with Crippen LogP contribution in [0, 0.1) is 5.82 Å². The van der Waals surface area contributed by atoms with Gasteiger partial charge in [-0.1, -0.05) is 54.6 Å². The van der Waals surface area contributed by atoms with Crippen LogP contribution in [-0.2, 0) is 0 Å². The molecule has 1 N–H and O–H groups in total. The topological polar surface area (TPSA) is 20.2 Å². The van der Waals surface area contributed by atoms with Gasteiger partial charge in [0.05, 0.1) is 0 Å². The van der Waals surface area contributed by atoms with Gasteiger partial charge < -0.3 is 5.11 Å². The molecule has 4 rings (SSSR count). The summed E-state index contributed by atoms with van der Waals surface area (Å²) in [6.45, 7) is 0. The minimum absolute atomic E-state index is 0.0852.